The summed E-state index contributed by atoms with van der Waals surface area (Å²) in [6.45, 7) is 21.2. The predicted octanol–water partition coefficient (Wildman–Crippen LogP) is 1.37. The van der Waals surface area contributed by atoms with Crippen LogP contribution in [-0.4, -0.2) is 247 Å². The lowest BCUT2D eigenvalue weighted by Crippen LogP contribution is -2.65. The minimum atomic E-state index is -2.08. The Labute approximate surface area is 811 Å². The van der Waals surface area contributed by atoms with Crippen molar-refractivity contribution >= 4 is 129 Å². The number of aromatic amines is 1. The van der Waals surface area contributed by atoms with Gasteiger partial charge in [0.2, 0.25) is 112 Å². The van der Waals surface area contributed by atoms with Gasteiger partial charge in [0.25, 0.3) is 0 Å². The molecule has 0 fully saturated rings. The number of aromatic nitrogens is 1. The van der Waals surface area contributed by atoms with E-state index in [-0.39, 0.29) is 89.5 Å². The quantitative estimate of drug-likeness (QED) is 0.0222. The van der Waals surface area contributed by atoms with Crippen LogP contribution in [0.1, 0.15) is 224 Å². The highest BCUT2D eigenvalue weighted by Gasteiger charge is 2.44. The molecule has 23 N–H and O–H groups in total. The molecule has 1 aromatic heterocycles. The molecule has 41 heteroatoms. The van der Waals surface area contributed by atoms with E-state index < -0.39 is 257 Å². The average Bonchev–Trinajstić information content (AvgIpc) is 1.71. The molecule has 4 unspecified atom stereocenters. The second-order valence-electron chi connectivity index (χ2n) is 37.1. The summed E-state index contributed by atoms with van der Waals surface area (Å²) in [7, 11) is 0. The van der Waals surface area contributed by atoms with Gasteiger partial charge < -0.3 is 112 Å². The van der Waals surface area contributed by atoms with Crippen molar-refractivity contribution in [2.24, 2.45) is 35.1 Å². The highest BCUT2D eigenvalue weighted by atomic mass is 16.4. The largest absolute Gasteiger partial charge is 0.508 e. The summed E-state index contributed by atoms with van der Waals surface area (Å²) in [5, 5.41) is 71.9. The minimum absolute atomic E-state index is 0. The van der Waals surface area contributed by atoms with Gasteiger partial charge in [0.05, 0.1) is 36.2 Å². The molecule has 0 radical (unpaired) electrons. The zero-order chi connectivity index (χ0) is 103. The number of aliphatic hydroxyl groups excluding tert-OH is 1. The van der Waals surface area contributed by atoms with Crippen LogP contribution in [0.4, 0.5) is 0 Å². The molecule has 0 aliphatic carbocycles. The lowest BCUT2D eigenvalue weighted by Gasteiger charge is -2.34. The number of amides is 15. The number of phenols is 1. The third-order valence-electron chi connectivity index (χ3n) is 23.8. The molecule has 766 valence electrons. The molecule has 0 saturated carbocycles. The number of allylic oxidation sites excluding steroid dienone is 2. The van der Waals surface area contributed by atoms with Crippen LogP contribution in [0.2, 0.25) is 0 Å². The zero-order valence-corrected chi connectivity index (χ0v) is 81.4. The van der Waals surface area contributed by atoms with Crippen molar-refractivity contribution in [1.29, 1.82) is 0 Å². The first-order chi connectivity index (χ1) is 64.8. The topological polar surface area (TPSA) is 650 Å². The number of carboxylic acid groups (broad SMARTS) is 1. The van der Waals surface area contributed by atoms with Gasteiger partial charge in [-0.05, 0) is 173 Å². The number of phenolic OH excluding ortho intramolecular Hbond substituents is 1. The second-order valence-corrected chi connectivity index (χ2v) is 37.1. The monoisotopic (exact) mass is 1940 g/mol. The van der Waals surface area contributed by atoms with Gasteiger partial charge in [0, 0.05) is 75.1 Å². The molecule has 0 bridgehead atoms. The third kappa shape index (κ3) is 39.3. The highest BCUT2D eigenvalue weighted by Crippen LogP contribution is 2.25. The highest BCUT2D eigenvalue weighted by molar-refractivity contribution is 6.41. The normalized spacial score (nSPS) is 21.9. The summed E-state index contributed by atoms with van der Waals surface area (Å²) >= 11 is 0. The van der Waals surface area contributed by atoms with Gasteiger partial charge in [0.15, 0.2) is 0 Å². The van der Waals surface area contributed by atoms with Gasteiger partial charge >= 0.3 is 5.97 Å². The number of Topliss-reactive ketones (excluding diaryl/α,β-unsaturated/α-hetero) is 4. The SMILES string of the molecule is C.CC(=O)N[C@@H](CC(C)C)C(=O)N[C@H](C(=O)N[C@@H](Cc1ccccc1)C(=O)N[C@]1(C)CCCCCC/C=C/CCC[C@@](C)(C(=O)NC(C)C(=O)N[C@@H](C)C(=O)NC(C)C(=O)N[C@@H](C)C(=O)C(=O)[C@H](C)NC[C@H](C)C(N)=O)NC(=O)[C@H](CC(C)C)CN[C@@H](CCC(N)=O)C(=O)C(=O)C(C)NC(=O)[C@H](Cc2c[nH]c3ccccc23)NC(=O)C(Cc2ccc(O)cc2)NC(=O)[C@H](CCC(=O)O)NC1=O)[C@@H](C)O. The lowest BCUT2D eigenvalue weighted by atomic mass is 9.89. The Morgan fingerprint density at radius 2 is 1.08 bits per heavy atom. The van der Waals surface area contributed by atoms with Crippen LogP contribution < -0.4 is 91.2 Å². The number of hydrogen-bond donors (Lipinski definition) is 21. The minimum Gasteiger partial charge on any atom is -0.508 e. The number of carboxylic acids is 1. The van der Waals surface area contributed by atoms with Crippen LogP contribution in [0.25, 0.3) is 10.9 Å². The van der Waals surface area contributed by atoms with Crippen LogP contribution in [0.3, 0.4) is 0 Å². The Balaban J connectivity index is 0.0000403. The number of nitrogens with two attached hydrogens (primary N) is 2. The molecule has 0 saturated heterocycles. The summed E-state index contributed by atoms with van der Waals surface area (Å²) in [6, 6.07) is 1.10. The number of fused-ring (bicyclic) bond motifs is 1. The number of aliphatic hydroxyl groups is 1. The zero-order valence-electron chi connectivity index (χ0n) is 81.4. The Bertz CT molecular complexity index is 4970. The van der Waals surface area contributed by atoms with Crippen LogP contribution in [0, 0.1) is 23.7 Å². The number of nitrogens with one attached hydrogen (secondary N) is 16. The first kappa shape index (κ1) is 118. The molecule has 1 aliphatic rings. The lowest BCUT2D eigenvalue weighted by molar-refractivity contribution is -0.140. The predicted molar refractivity (Wildman–Crippen MR) is 517 cm³/mol. The summed E-state index contributed by atoms with van der Waals surface area (Å²) in [5.74, 6) is -21.6. The fourth-order valence-corrected chi connectivity index (χ4v) is 15.4. The molecule has 1 aliphatic heterocycles. The van der Waals surface area contributed by atoms with E-state index in [4.69, 9.17) is 11.5 Å². The Kier molecular flexibility index (Phi) is 48.7. The Morgan fingerprint density at radius 3 is 1.66 bits per heavy atom. The van der Waals surface area contributed by atoms with Crippen molar-refractivity contribution in [1.82, 2.24) is 84.7 Å². The van der Waals surface area contributed by atoms with Crippen molar-refractivity contribution in [2.45, 2.75) is 323 Å². The van der Waals surface area contributed by atoms with Crippen molar-refractivity contribution in [2.75, 3.05) is 13.1 Å². The molecule has 18 atom stereocenters. The van der Waals surface area contributed by atoms with Crippen molar-refractivity contribution < 1.29 is 111 Å². The van der Waals surface area contributed by atoms with Gasteiger partial charge in [-0.1, -0.05) is 134 Å². The van der Waals surface area contributed by atoms with E-state index in [2.05, 4.69) is 84.7 Å². The number of para-hydroxylation sites is 1. The summed E-state index contributed by atoms with van der Waals surface area (Å²) in [6.07, 6.45) is 2.88. The molecule has 41 nitrogen and oxygen atoms in total. The molecular weight excluding hydrogens is 1800 g/mol. The number of carbonyl (C=O) groups excluding carboxylic acids is 19. The number of carbonyl (C=O) groups is 20. The van der Waals surface area contributed by atoms with Crippen LogP contribution in [0.15, 0.2) is 97.2 Å². The maximum absolute atomic E-state index is 15.6. The molecule has 5 rings (SSSR count). The van der Waals surface area contributed by atoms with Crippen LogP contribution >= 0.6 is 0 Å². The maximum atomic E-state index is 15.6. The van der Waals surface area contributed by atoms with Crippen LogP contribution in [-0.2, 0) is 115 Å². The van der Waals surface area contributed by atoms with Crippen molar-refractivity contribution in [3.63, 3.8) is 0 Å². The Hall–Kier alpha value is -13.2. The number of rotatable bonds is 39. The van der Waals surface area contributed by atoms with E-state index >= 15 is 28.8 Å². The van der Waals surface area contributed by atoms with Gasteiger partial charge in [-0.25, -0.2) is 0 Å². The summed E-state index contributed by atoms with van der Waals surface area (Å²) in [5.41, 5.74) is 8.84. The molecule has 15 amide bonds. The number of aliphatic carboxylic acids is 1. The molecule has 4 aromatic rings. The number of benzene rings is 3. The molecule has 139 heavy (non-hydrogen) atoms. The van der Waals surface area contributed by atoms with Crippen molar-refractivity contribution in [3.8, 4) is 5.75 Å². The average molecular weight is 1940 g/mol. The van der Waals surface area contributed by atoms with E-state index in [9.17, 15) is 82.4 Å². The third-order valence-corrected chi connectivity index (χ3v) is 23.8. The van der Waals surface area contributed by atoms with Gasteiger partial charge in [-0.2, -0.15) is 0 Å². The molecular formula is C98H146N18O23. The fourth-order valence-electron chi connectivity index (χ4n) is 15.4. The molecule has 3 aromatic carbocycles. The van der Waals surface area contributed by atoms with Crippen molar-refractivity contribution in [3.05, 3.63) is 114 Å². The van der Waals surface area contributed by atoms with E-state index in [1.54, 1.807) is 88.5 Å². The standard InChI is InChI=1S/C97H142N18O23.CH4/c1-52(2)44-66-51-102-70(38-40-76(98)119)82(125)81(124)57(8)104-89(132)75(48-65-50-101-69-33-27-26-32-68(65)69)110-90(133)73(47-64-34-36-67(118)37-35-64)109-88(131)71(39-41-77(120)121)112-95(138)97(15,115-92(135)74(46-63-30-24-23-25-31-63)111-93(136)78(61(12)116)113-91(134)72(45-53(3)4)108-62(13)117)43-29-22-20-18-16-17-19-21-28-42-96(14,114-87(66)130)94(137)107-60(11)86(129)106-59(10)85(128)105-58(9)84(127)103-56(7)80(123)79(122)55(6)100-49-54(5)83(99)126;/h17,19,23-27,30-37,50,52-61,66,70-75,78,100-102,116,118H,16,18,20-22,28-29,38-49,51H2,1-15H3,(H2,98,119)(H2,99,126)(H,103,127)(H,104,132)(H,105,128)(H,106,129)(H,107,137)(H,108,117)(H,109,131)(H,110,133)(H,111,136)(H,112,138)(H,113,134)(H,114,130)(H,115,135)(H,120,121);1H4/b19-17+;/t54-,55-,56-,57?,58?,59-,60?,61+,66+,70-,71-,72-,73?,74-,75-,78-,96-,97+;/m0./s1. The number of ketones is 4. The smallest absolute Gasteiger partial charge is 0.303 e. The first-order valence-corrected chi connectivity index (χ1v) is 46.9. The van der Waals surface area contributed by atoms with Crippen LogP contribution in [0.5, 0.6) is 5.75 Å². The number of hydrogen-bond acceptors (Lipinski definition) is 24. The fraction of sp³-hybridized carbons (Fsp3) is 0.571. The van der Waals surface area contributed by atoms with E-state index in [1.165, 1.54) is 100 Å². The molecule has 2 heterocycles. The van der Waals surface area contributed by atoms with E-state index in [0.29, 0.717) is 59.7 Å². The van der Waals surface area contributed by atoms with E-state index in [1.807, 2.05) is 12.2 Å². The second kappa shape index (κ2) is 57.3. The van der Waals surface area contributed by atoms with Gasteiger partial charge in [-0.3, -0.25) is 95.9 Å². The first-order valence-electron chi connectivity index (χ1n) is 46.9. The number of primary amides is 2. The Morgan fingerprint density at radius 1 is 0.525 bits per heavy atom. The number of aromatic hydroxyl groups is 1. The van der Waals surface area contributed by atoms with Gasteiger partial charge in [0.1, 0.15) is 71.2 Å². The van der Waals surface area contributed by atoms with E-state index in [0.717, 1.165) is 0 Å². The maximum Gasteiger partial charge on any atom is 0.303 e. The summed E-state index contributed by atoms with van der Waals surface area (Å²) < 4.78 is 0. The number of H-pyrrole nitrogens is 1. The van der Waals surface area contributed by atoms with Gasteiger partial charge in [-0.15, -0.1) is 0 Å². The molecule has 0 spiro atoms. The summed E-state index contributed by atoms with van der Waals surface area (Å²) in [4.78, 5) is 283.